The van der Waals surface area contributed by atoms with Crippen molar-refractivity contribution in [1.82, 2.24) is 0 Å². The van der Waals surface area contributed by atoms with Gasteiger partial charge in [0.2, 0.25) is 0 Å². The average Bonchev–Trinajstić information content (AvgIpc) is 2.42. The van der Waals surface area contributed by atoms with Crippen LogP contribution in [0.4, 0.5) is 0 Å². The largest absolute Gasteiger partial charge is 0.497 e. The quantitative estimate of drug-likeness (QED) is 0.755. The molecule has 1 aliphatic rings. The van der Waals surface area contributed by atoms with Gasteiger partial charge in [0.15, 0.2) is 0 Å². The predicted molar refractivity (Wildman–Crippen MR) is 80.5 cm³/mol. The average molecular weight is 260 g/mol. The topological polar surface area (TPSA) is 12.2 Å². The van der Waals surface area contributed by atoms with E-state index in [1.807, 2.05) is 6.07 Å². The van der Waals surface area contributed by atoms with Gasteiger partial charge < -0.3 is 4.74 Å². The Balaban J connectivity index is 2.43. The first-order chi connectivity index (χ1) is 9.12. The summed E-state index contributed by atoms with van der Waals surface area (Å²) < 4.78 is 7.74. The van der Waals surface area contributed by atoms with Gasteiger partial charge in [0.05, 0.1) is 7.11 Å². The number of nitrogens with zero attached hydrogens (tertiary/aromatic N) is 1. The number of hydrogen-bond donors (Lipinski definition) is 0. The molecular formula is C17H26NO+. The summed E-state index contributed by atoms with van der Waals surface area (Å²) >= 11 is 0. The summed E-state index contributed by atoms with van der Waals surface area (Å²) in [7, 11) is 3.92. The van der Waals surface area contributed by atoms with E-state index in [1.54, 1.807) is 7.11 Å². The molecule has 2 heteroatoms. The molecule has 1 aliphatic heterocycles. The van der Waals surface area contributed by atoms with Gasteiger partial charge in [-0.05, 0) is 24.1 Å². The minimum atomic E-state index is 0.274. The molecule has 1 aromatic carbocycles. The molecule has 2 atom stereocenters. The van der Waals surface area contributed by atoms with E-state index in [2.05, 4.69) is 49.9 Å². The third-order valence-electron chi connectivity index (χ3n) is 4.61. The highest BCUT2D eigenvalue weighted by Gasteiger charge is 2.41. The minimum absolute atomic E-state index is 0.274. The zero-order valence-electron chi connectivity index (χ0n) is 12.6. The van der Waals surface area contributed by atoms with E-state index < -0.39 is 0 Å². The van der Waals surface area contributed by atoms with Crippen LogP contribution >= 0.6 is 0 Å². The highest BCUT2D eigenvalue weighted by Crippen LogP contribution is 2.42. The first-order valence-electron chi connectivity index (χ1n) is 7.30. The van der Waals surface area contributed by atoms with Crippen LogP contribution in [-0.2, 0) is 5.41 Å². The molecule has 2 rings (SSSR count). The number of rotatable bonds is 4. The predicted octanol–water partition coefficient (Wildman–Crippen LogP) is 3.49. The molecule has 0 spiro atoms. The van der Waals surface area contributed by atoms with E-state index in [0.717, 1.165) is 18.7 Å². The number of ether oxygens (including phenoxy) is 1. The Morgan fingerprint density at radius 2 is 2.21 bits per heavy atom. The number of methoxy groups -OCH3 is 1. The van der Waals surface area contributed by atoms with Crippen LogP contribution in [0.5, 0.6) is 5.75 Å². The van der Waals surface area contributed by atoms with Gasteiger partial charge >= 0.3 is 0 Å². The van der Waals surface area contributed by atoms with Crippen molar-refractivity contribution in [1.29, 1.82) is 0 Å². The van der Waals surface area contributed by atoms with Crippen LogP contribution < -0.4 is 4.74 Å². The van der Waals surface area contributed by atoms with Gasteiger partial charge in [-0.2, -0.15) is 0 Å². The van der Waals surface area contributed by atoms with Gasteiger partial charge in [-0.3, -0.25) is 0 Å². The molecule has 0 saturated carbocycles. The summed E-state index contributed by atoms with van der Waals surface area (Å²) in [6.07, 6.45) is 5.95. The smallest absolute Gasteiger partial charge is 0.145 e. The molecule has 0 saturated heterocycles. The van der Waals surface area contributed by atoms with E-state index in [-0.39, 0.29) is 5.41 Å². The van der Waals surface area contributed by atoms with Crippen molar-refractivity contribution in [3.05, 3.63) is 29.8 Å². The van der Waals surface area contributed by atoms with Gasteiger partial charge in [-0.1, -0.05) is 32.4 Å². The van der Waals surface area contributed by atoms with Crippen molar-refractivity contribution in [2.75, 3.05) is 20.7 Å². The van der Waals surface area contributed by atoms with Crippen molar-refractivity contribution in [2.45, 2.75) is 38.5 Å². The lowest BCUT2D eigenvalue weighted by Gasteiger charge is -2.39. The minimum Gasteiger partial charge on any atom is -0.497 e. The molecule has 19 heavy (non-hydrogen) atoms. The van der Waals surface area contributed by atoms with Crippen LogP contribution in [0, 0.1) is 5.92 Å². The summed E-state index contributed by atoms with van der Waals surface area (Å²) in [6.45, 7) is 5.81. The van der Waals surface area contributed by atoms with Gasteiger partial charge in [0.1, 0.15) is 25.6 Å². The van der Waals surface area contributed by atoms with E-state index in [0.29, 0.717) is 5.92 Å². The molecule has 0 aliphatic carbocycles. The molecule has 1 aromatic rings. The lowest BCUT2D eigenvalue weighted by atomic mass is 9.65. The van der Waals surface area contributed by atoms with Crippen molar-refractivity contribution in [3.63, 3.8) is 0 Å². The van der Waals surface area contributed by atoms with Gasteiger partial charge in [-0.25, -0.2) is 4.58 Å². The summed E-state index contributed by atoms with van der Waals surface area (Å²) in [6, 6.07) is 8.66. The Morgan fingerprint density at radius 3 is 2.84 bits per heavy atom. The third-order valence-corrected chi connectivity index (χ3v) is 4.61. The maximum atomic E-state index is 5.40. The highest BCUT2D eigenvalue weighted by atomic mass is 16.5. The lowest BCUT2D eigenvalue weighted by Crippen LogP contribution is -2.43. The molecule has 1 heterocycles. The Morgan fingerprint density at radius 1 is 1.42 bits per heavy atom. The molecular weight excluding hydrogens is 234 g/mol. The normalized spacial score (nSPS) is 26.9. The van der Waals surface area contributed by atoms with E-state index in [4.69, 9.17) is 4.74 Å². The SMILES string of the molecule is CCCC1(c2cccc(OC)c2)CC=[N+](C)CC1C. The molecule has 104 valence electrons. The van der Waals surface area contributed by atoms with Crippen LogP contribution in [0.3, 0.4) is 0 Å². The van der Waals surface area contributed by atoms with Crippen LogP contribution in [0.2, 0.25) is 0 Å². The first-order valence-corrected chi connectivity index (χ1v) is 7.30. The zero-order valence-corrected chi connectivity index (χ0v) is 12.6. The van der Waals surface area contributed by atoms with E-state index >= 15 is 0 Å². The molecule has 2 unspecified atom stereocenters. The zero-order chi connectivity index (χ0) is 13.9. The second kappa shape index (κ2) is 5.77. The number of hydrogen-bond acceptors (Lipinski definition) is 1. The molecule has 0 fully saturated rings. The fourth-order valence-corrected chi connectivity index (χ4v) is 3.48. The Bertz CT molecular complexity index is 466. The first kappa shape index (κ1) is 14.1. The van der Waals surface area contributed by atoms with Crippen LogP contribution in [0.15, 0.2) is 24.3 Å². The van der Waals surface area contributed by atoms with Crippen molar-refractivity contribution < 1.29 is 9.31 Å². The standard InChI is InChI=1S/C17H26NO/c1-5-9-17(10-11-18(3)13-14(17)2)15-7-6-8-16(12-15)19-4/h6-8,11-12,14H,5,9-10,13H2,1-4H3/q+1. The molecule has 0 bridgehead atoms. The summed E-state index contributed by atoms with van der Waals surface area (Å²) in [5.74, 6) is 1.63. The monoisotopic (exact) mass is 260 g/mol. The van der Waals surface area contributed by atoms with Crippen LogP contribution in [0.1, 0.15) is 38.7 Å². The van der Waals surface area contributed by atoms with Crippen LogP contribution in [-0.4, -0.2) is 31.5 Å². The van der Waals surface area contributed by atoms with Gasteiger partial charge in [0, 0.05) is 17.8 Å². The second-order valence-electron chi connectivity index (χ2n) is 5.87. The van der Waals surface area contributed by atoms with Crippen molar-refractivity contribution in [3.8, 4) is 5.75 Å². The maximum Gasteiger partial charge on any atom is 0.145 e. The number of benzene rings is 1. The molecule has 0 aromatic heterocycles. The molecule has 0 amide bonds. The van der Waals surface area contributed by atoms with Gasteiger partial charge in [0.25, 0.3) is 0 Å². The summed E-state index contributed by atoms with van der Waals surface area (Å²) in [4.78, 5) is 0. The maximum absolute atomic E-state index is 5.40. The molecule has 0 N–H and O–H groups in total. The van der Waals surface area contributed by atoms with Crippen molar-refractivity contribution in [2.24, 2.45) is 5.92 Å². The molecule has 0 radical (unpaired) electrons. The fraction of sp³-hybridized carbons (Fsp3) is 0.588. The second-order valence-corrected chi connectivity index (χ2v) is 5.87. The summed E-state index contributed by atoms with van der Waals surface area (Å²) in [5.41, 5.74) is 1.71. The molecule has 2 nitrogen and oxygen atoms in total. The Labute approximate surface area is 117 Å². The van der Waals surface area contributed by atoms with Crippen molar-refractivity contribution >= 4 is 6.21 Å². The highest BCUT2D eigenvalue weighted by molar-refractivity contribution is 5.57. The van der Waals surface area contributed by atoms with E-state index in [9.17, 15) is 0 Å². The van der Waals surface area contributed by atoms with Gasteiger partial charge in [-0.15, -0.1) is 0 Å². The Kier molecular flexibility index (Phi) is 4.28. The third kappa shape index (κ3) is 2.68. The fourth-order valence-electron chi connectivity index (χ4n) is 3.48. The van der Waals surface area contributed by atoms with Crippen LogP contribution in [0.25, 0.3) is 0 Å². The Hall–Kier alpha value is -1.31. The van der Waals surface area contributed by atoms with E-state index in [1.165, 1.54) is 18.4 Å². The summed E-state index contributed by atoms with van der Waals surface area (Å²) in [5, 5.41) is 0. The lowest BCUT2D eigenvalue weighted by molar-refractivity contribution is -0.509.